The van der Waals surface area contributed by atoms with Crippen LogP contribution in [0.5, 0.6) is 0 Å². The van der Waals surface area contributed by atoms with Gasteiger partial charge < -0.3 is 0 Å². The van der Waals surface area contributed by atoms with Crippen molar-refractivity contribution in [3.63, 3.8) is 0 Å². The highest BCUT2D eigenvalue weighted by Crippen LogP contribution is 2.30. The van der Waals surface area contributed by atoms with Crippen molar-refractivity contribution in [2.45, 2.75) is 25.7 Å². The largest absolute Gasteiger partial charge is 0.150 e. The summed E-state index contributed by atoms with van der Waals surface area (Å²) in [6, 6.07) is 32.9. The summed E-state index contributed by atoms with van der Waals surface area (Å²) < 4.78 is 0. The lowest BCUT2D eigenvalue weighted by Crippen LogP contribution is -1.94. The van der Waals surface area contributed by atoms with Gasteiger partial charge in [0.2, 0.25) is 0 Å². The van der Waals surface area contributed by atoms with Gasteiger partial charge in [0.15, 0.2) is 0 Å². The van der Waals surface area contributed by atoms with E-state index in [9.17, 15) is 0 Å². The fourth-order valence-electron chi connectivity index (χ4n) is 4.03. The van der Waals surface area contributed by atoms with Crippen molar-refractivity contribution in [3.8, 4) is 0 Å². The van der Waals surface area contributed by atoms with Gasteiger partial charge in [0.05, 0.1) is 22.7 Å². The lowest BCUT2D eigenvalue weighted by Gasteiger charge is -2.10. The van der Waals surface area contributed by atoms with Crippen LogP contribution in [-0.4, -0.2) is 0 Å². The molecule has 0 spiro atoms. The Bertz CT molecular complexity index is 1090. The second-order valence-electron chi connectivity index (χ2n) is 7.91. The smallest absolute Gasteiger partial charge is 0.0889 e. The molecule has 5 rings (SSSR count). The van der Waals surface area contributed by atoms with E-state index in [1.165, 1.54) is 22.3 Å². The molecule has 0 aliphatic carbocycles. The number of benzene rings is 4. The maximum atomic E-state index is 4.64. The van der Waals surface area contributed by atoms with Crippen LogP contribution in [0.3, 0.4) is 0 Å². The van der Waals surface area contributed by atoms with Crippen molar-refractivity contribution in [1.29, 1.82) is 0 Å². The Labute approximate surface area is 188 Å². The van der Waals surface area contributed by atoms with Crippen LogP contribution in [0.25, 0.3) is 0 Å². The zero-order valence-electron chi connectivity index (χ0n) is 17.9. The SMILES string of the molecule is c1ccc2c(c1)CCc1ccccc1N=Nc1ccccc1CCc1ccccc1N=N2. The minimum atomic E-state index is 0.861. The molecule has 1 heterocycles. The van der Waals surface area contributed by atoms with Crippen LogP contribution in [0, 0.1) is 0 Å². The molecule has 0 amide bonds. The molecule has 156 valence electrons. The molecule has 0 N–H and O–H groups in total. The maximum absolute atomic E-state index is 4.64. The Kier molecular flexibility index (Phi) is 5.93. The maximum Gasteiger partial charge on any atom is 0.0889 e. The van der Waals surface area contributed by atoms with E-state index < -0.39 is 0 Å². The third kappa shape index (κ3) is 4.54. The molecule has 0 radical (unpaired) electrons. The molecule has 0 saturated heterocycles. The van der Waals surface area contributed by atoms with Crippen molar-refractivity contribution in [2.24, 2.45) is 20.5 Å². The van der Waals surface area contributed by atoms with E-state index in [-0.39, 0.29) is 0 Å². The van der Waals surface area contributed by atoms with Crippen LogP contribution in [0.15, 0.2) is 118 Å². The topological polar surface area (TPSA) is 49.4 Å². The van der Waals surface area contributed by atoms with E-state index in [0.29, 0.717) is 0 Å². The lowest BCUT2D eigenvalue weighted by molar-refractivity contribution is 0.936. The fourth-order valence-corrected chi connectivity index (χ4v) is 4.03. The molecule has 0 atom stereocenters. The van der Waals surface area contributed by atoms with Gasteiger partial charge in [-0.25, -0.2) is 0 Å². The molecule has 4 nitrogen and oxygen atoms in total. The number of nitrogens with zero attached hydrogens (tertiary/aromatic N) is 4. The number of rotatable bonds is 0. The van der Waals surface area contributed by atoms with Crippen LogP contribution in [-0.2, 0) is 25.7 Å². The third-order valence-electron chi connectivity index (χ3n) is 5.82. The first-order valence-electron chi connectivity index (χ1n) is 11.0. The summed E-state index contributed by atoms with van der Waals surface area (Å²) in [5.41, 5.74) is 8.38. The van der Waals surface area contributed by atoms with Crippen LogP contribution in [0.2, 0.25) is 0 Å². The molecular weight excluding hydrogens is 392 g/mol. The average Bonchev–Trinajstić information content (AvgIpc) is 2.85. The standard InChI is InChI=1S/C28H24N4/c1-5-13-25-21(9-1)17-18-22-10-2-6-14-26(22)31-32-28-16-8-4-12-24(28)20-19-23-11-3-7-15-27(23)30-29-25/h1-16H,17-20H2. The molecule has 1 aliphatic heterocycles. The van der Waals surface area contributed by atoms with Gasteiger partial charge in [-0.1, -0.05) is 72.8 Å². The fraction of sp³-hybridized carbons (Fsp3) is 0.143. The Morgan fingerprint density at radius 3 is 0.781 bits per heavy atom. The quantitative estimate of drug-likeness (QED) is 0.276. The molecule has 0 fully saturated rings. The summed E-state index contributed by atoms with van der Waals surface area (Å²) in [4.78, 5) is 0. The van der Waals surface area contributed by atoms with Gasteiger partial charge >= 0.3 is 0 Å². The normalized spacial score (nSPS) is 13.5. The van der Waals surface area contributed by atoms with Gasteiger partial charge in [0.1, 0.15) is 0 Å². The highest BCUT2D eigenvalue weighted by atomic mass is 15.1. The van der Waals surface area contributed by atoms with Crippen LogP contribution < -0.4 is 0 Å². The van der Waals surface area contributed by atoms with Gasteiger partial charge in [-0.3, -0.25) is 0 Å². The molecule has 4 aromatic carbocycles. The van der Waals surface area contributed by atoms with Gasteiger partial charge in [0.25, 0.3) is 0 Å². The first-order valence-corrected chi connectivity index (χ1v) is 11.0. The summed E-state index contributed by atoms with van der Waals surface area (Å²) in [7, 11) is 0. The number of azo groups is 2. The monoisotopic (exact) mass is 416 g/mol. The van der Waals surface area contributed by atoms with Crippen molar-refractivity contribution >= 4 is 22.7 Å². The molecule has 0 unspecified atom stereocenters. The molecular formula is C28H24N4. The Balaban J connectivity index is 1.59. The van der Waals surface area contributed by atoms with Crippen LogP contribution in [0.4, 0.5) is 22.7 Å². The van der Waals surface area contributed by atoms with Crippen LogP contribution >= 0.6 is 0 Å². The van der Waals surface area contributed by atoms with Gasteiger partial charge in [0, 0.05) is 0 Å². The Morgan fingerprint density at radius 1 is 0.312 bits per heavy atom. The highest BCUT2D eigenvalue weighted by Gasteiger charge is 2.09. The predicted octanol–water partition coefficient (Wildman–Crippen LogP) is 8.40. The zero-order chi connectivity index (χ0) is 21.6. The molecule has 0 bridgehead atoms. The lowest BCUT2D eigenvalue weighted by atomic mass is 10.0. The highest BCUT2D eigenvalue weighted by molar-refractivity contribution is 5.52. The summed E-state index contributed by atoms with van der Waals surface area (Å²) in [6.45, 7) is 0. The van der Waals surface area contributed by atoms with E-state index >= 15 is 0 Å². The second kappa shape index (κ2) is 9.48. The van der Waals surface area contributed by atoms with Crippen molar-refractivity contribution in [2.75, 3.05) is 0 Å². The number of aryl methyl sites for hydroxylation is 4. The molecule has 0 aromatic heterocycles. The first-order chi connectivity index (χ1) is 15.9. The second-order valence-corrected chi connectivity index (χ2v) is 7.91. The van der Waals surface area contributed by atoms with Crippen molar-refractivity contribution in [3.05, 3.63) is 119 Å². The Morgan fingerprint density at radius 2 is 0.531 bits per heavy atom. The van der Waals surface area contributed by atoms with Gasteiger partial charge in [-0.2, -0.15) is 20.5 Å². The number of hydrogen-bond acceptors (Lipinski definition) is 4. The first kappa shape index (κ1) is 20.0. The van der Waals surface area contributed by atoms with Crippen molar-refractivity contribution in [1.82, 2.24) is 0 Å². The number of fused-ring (bicyclic) bond motifs is 4. The van der Waals surface area contributed by atoms with E-state index in [0.717, 1.165) is 48.4 Å². The summed E-state index contributed by atoms with van der Waals surface area (Å²) in [5.74, 6) is 0. The zero-order valence-corrected chi connectivity index (χ0v) is 17.9. The summed E-state index contributed by atoms with van der Waals surface area (Å²) >= 11 is 0. The Hall–Kier alpha value is -3.92. The third-order valence-corrected chi connectivity index (χ3v) is 5.82. The van der Waals surface area contributed by atoms with Crippen LogP contribution in [0.1, 0.15) is 22.3 Å². The van der Waals surface area contributed by atoms with Gasteiger partial charge in [-0.05, 0) is 72.2 Å². The summed E-state index contributed by atoms with van der Waals surface area (Å²) in [6.07, 6.45) is 3.44. The average molecular weight is 417 g/mol. The molecule has 32 heavy (non-hydrogen) atoms. The van der Waals surface area contributed by atoms with Gasteiger partial charge in [-0.15, -0.1) is 0 Å². The summed E-state index contributed by atoms with van der Waals surface area (Å²) in [5, 5.41) is 18.6. The minimum Gasteiger partial charge on any atom is -0.150 e. The minimum absolute atomic E-state index is 0.861. The van der Waals surface area contributed by atoms with E-state index in [2.05, 4.69) is 69.0 Å². The number of hydrogen-bond donors (Lipinski definition) is 0. The molecule has 0 saturated carbocycles. The van der Waals surface area contributed by atoms with E-state index in [1.54, 1.807) is 0 Å². The predicted molar refractivity (Wildman–Crippen MR) is 129 cm³/mol. The van der Waals surface area contributed by atoms with E-state index in [1.807, 2.05) is 48.5 Å². The molecule has 4 heteroatoms. The molecule has 4 aromatic rings. The van der Waals surface area contributed by atoms with Crippen molar-refractivity contribution < 1.29 is 0 Å². The van der Waals surface area contributed by atoms with E-state index in [4.69, 9.17) is 0 Å². The molecule has 1 aliphatic rings.